The van der Waals surface area contributed by atoms with E-state index < -0.39 is 17.7 Å². The van der Waals surface area contributed by atoms with Gasteiger partial charge in [0.2, 0.25) is 0 Å². The van der Waals surface area contributed by atoms with Crippen LogP contribution < -0.4 is 5.32 Å². The molecule has 0 spiro atoms. The van der Waals surface area contributed by atoms with Gasteiger partial charge in [0.1, 0.15) is 0 Å². The third-order valence-corrected chi connectivity index (χ3v) is 1.97. The highest BCUT2D eigenvalue weighted by atomic mass is 19.4. The Kier molecular flexibility index (Phi) is 4.60. The second kappa shape index (κ2) is 5.96. The molecule has 0 amide bonds. The van der Waals surface area contributed by atoms with Crippen molar-refractivity contribution in [2.45, 2.75) is 6.18 Å². The monoisotopic (exact) mass is 257 g/mol. The van der Waals surface area contributed by atoms with E-state index in [1.165, 1.54) is 19.2 Å². The average molecular weight is 257 g/mol. The van der Waals surface area contributed by atoms with Gasteiger partial charge in [-0.25, -0.2) is 4.79 Å². The molecular weight excluding hydrogens is 247 g/mol. The largest absolute Gasteiger partial charge is 0.459 e. The van der Waals surface area contributed by atoms with Crippen LogP contribution in [0.25, 0.3) is 0 Å². The van der Waals surface area contributed by atoms with Crippen LogP contribution in [0.15, 0.2) is 24.3 Å². The van der Waals surface area contributed by atoms with E-state index in [2.05, 4.69) is 21.9 Å². The van der Waals surface area contributed by atoms with E-state index in [0.717, 1.165) is 12.1 Å². The Hall–Kier alpha value is -2.16. The molecule has 96 valence electrons. The smallest absolute Gasteiger partial charge is 0.416 e. The number of nitrogens with one attached hydrogen (secondary N) is 1. The Labute approximate surface area is 102 Å². The first-order chi connectivity index (χ1) is 8.43. The van der Waals surface area contributed by atoms with Crippen molar-refractivity contribution in [2.75, 3.05) is 19.0 Å². The van der Waals surface area contributed by atoms with E-state index >= 15 is 0 Å². The van der Waals surface area contributed by atoms with E-state index in [1.807, 2.05) is 0 Å². The zero-order chi connectivity index (χ0) is 13.6. The fourth-order valence-electron chi connectivity index (χ4n) is 1.09. The molecule has 0 aliphatic heterocycles. The SMILES string of the molecule is COC(=O)C#CCNc1ccc(C(F)(F)F)cc1. The van der Waals surface area contributed by atoms with Crippen LogP contribution in [0.3, 0.4) is 0 Å². The van der Waals surface area contributed by atoms with Gasteiger partial charge in [-0.3, -0.25) is 0 Å². The van der Waals surface area contributed by atoms with Gasteiger partial charge in [0.15, 0.2) is 0 Å². The van der Waals surface area contributed by atoms with Crippen LogP contribution in [0.2, 0.25) is 0 Å². The van der Waals surface area contributed by atoms with Gasteiger partial charge < -0.3 is 10.1 Å². The lowest BCUT2D eigenvalue weighted by Crippen LogP contribution is -2.05. The topological polar surface area (TPSA) is 38.3 Å². The molecule has 0 aromatic heterocycles. The lowest BCUT2D eigenvalue weighted by atomic mass is 10.2. The lowest BCUT2D eigenvalue weighted by molar-refractivity contribution is -0.137. The molecular formula is C12H10F3NO2. The molecule has 0 aliphatic carbocycles. The number of alkyl halides is 3. The Morgan fingerprint density at radius 3 is 2.44 bits per heavy atom. The summed E-state index contributed by atoms with van der Waals surface area (Å²) >= 11 is 0. The zero-order valence-electron chi connectivity index (χ0n) is 9.47. The van der Waals surface area contributed by atoms with Crippen LogP contribution >= 0.6 is 0 Å². The fraction of sp³-hybridized carbons (Fsp3) is 0.250. The van der Waals surface area contributed by atoms with Crippen LogP contribution in [0.5, 0.6) is 0 Å². The molecule has 1 aromatic carbocycles. The van der Waals surface area contributed by atoms with Gasteiger partial charge in [-0.15, -0.1) is 0 Å². The van der Waals surface area contributed by atoms with Crippen molar-refractivity contribution in [3.8, 4) is 11.8 Å². The van der Waals surface area contributed by atoms with Crippen molar-refractivity contribution in [2.24, 2.45) is 0 Å². The van der Waals surface area contributed by atoms with E-state index in [0.29, 0.717) is 5.69 Å². The van der Waals surface area contributed by atoms with Crippen molar-refractivity contribution < 1.29 is 22.7 Å². The van der Waals surface area contributed by atoms with E-state index in [-0.39, 0.29) is 6.54 Å². The lowest BCUT2D eigenvalue weighted by Gasteiger charge is -2.07. The van der Waals surface area contributed by atoms with Crippen molar-refractivity contribution in [3.63, 3.8) is 0 Å². The molecule has 0 fully saturated rings. The number of rotatable bonds is 2. The second-order valence-corrected chi connectivity index (χ2v) is 3.22. The summed E-state index contributed by atoms with van der Waals surface area (Å²) in [7, 11) is 1.21. The van der Waals surface area contributed by atoms with Crippen LogP contribution in [0.4, 0.5) is 18.9 Å². The minimum absolute atomic E-state index is 0.139. The molecule has 3 nitrogen and oxygen atoms in total. The fourth-order valence-corrected chi connectivity index (χ4v) is 1.09. The minimum Gasteiger partial charge on any atom is -0.459 e. The third-order valence-electron chi connectivity index (χ3n) is 1.97. The Morgan fingerprint density at radius 1 is 1.33 bits per heavy atom. The predicted octanol–water partition coefficient (Wildman–Crippen LogP) is 2.29. The van der Waals surface area contributed by atoms with Gasteiger partial charge >= 0.3 is 12.1 Å². The number of hydrogen-bond donors (Lipinski definition) is 1. The van der Waals surface area contributed by atoms with Gasteiger partial charge in [0.25, 0.3) is 0 Å². The van der Waals surface area contributed by atoms with Crippen molar-refractivity contribution >= 4 is 11.7 Å². The molecule has 18 heavy (non-hydrogen) atoms. The summed E-state index contributed by atoms with van der Waals surface area (Å²) in [4.78, 5) is 10.6. The summed E-state index contributed by atoms with van der Waals surface area (Å²) < 4.78 is 41.1. The van der Waals surface area contributed by atoms with E-state index in [9.17, 15) is 18.0 Å². The minimum atomic E-state index is -4.34. The third kappa shape index (κ3) is 4.37. The molecule has 1 aromatic rings. The maximum atomic E-state index is 12.3. The summed E-state index contributed by atoms with van der Waals surface area (Å²) in [5.74, 6) is 3.99. The molecule has 1 rings (SSSR count). The Morgan fingerprint density at radius 2 is 1.94 bits per heavy atom. The summed E-state index contributed by atoms with van der Waals surface area (Å²) in [5.41, 5.74) is -0.226. The number of esters is 1. The first-order valence-corrected chi connectivity index (χ1v) is 4.91. The molecule has 1 N–H and O–H groups in total. The number of benzene rings is 1. The quantitative estimate of drug-likeness (QED) is 0.502. The van der Waals surface area contributed by atoms with E-state index in [1.54, 1.807) is 0 Å². The van der Waals surface area contributed by atoms with Crippen LogP contribution in [0, 0.1) is 11.8 Å². The molecule has 0 atom stereocenters. The first-order valence-electron chi connectivity index (χ1n) is 4.91. The first kappa shape index (κ1) is 13.9. The number of carbonyl (C=O) groups excluding carboxylic acids is 1. The Balaban J connectivity index is 2.54. The number of methoxy groups -OCH3 is 1. The summed E-state index contributed by atoms with van der Waals surface area (Å²) in [6, 6.07) is 4.53. The summed E-state index contributed by atoms with van der Waals surface area (Å²) in [6.45, 7) is 0.139. The number of halogens is 3. The zero-order valence-corrected chi connectivity index (χ0v) is 9.47. The second-order valence-electron chi connectivity index (χ2n) is 3.22. The highest BCUT2D eigenvalue weighted by Crippen LogP contribution is 2.29. The number of carbonyl (C=O) groups is 1. The molecule has 0 saturated heterocycles. The van der Waals surface area contributed by atoms with Crippen molar-refractivity contribution in [1.82, 2.24) is 0 Å². The summed E-state index contributed by atoms with van der Waals surface area (Å²) in [5, 5.41) is 2.75. The molecule has 0 bridgehead atoms. The van der Waals surface area contributed by atoms with Gasteiger partial charge in [-0.05, 0) is 24.3 Å². The number of hydrogen-bond acceptors (Lipinski definition) is 3. The molecule has 0 aliphatic rings. The summed E-state index contributed by atoms with van der Waals surface area (Å²) in [6.07, 6.45) is -4.34. The number of anilines is 1. The molecule has 0 saturated carbocycles. The van der Waals surface area contributed by atoms with Gasteiger partial charge in [-0.2, -0.15) is 13.2 Å². The molecule has 0 heterocycles. The maximum Gasteiger partial charge on any atom is 0.416 e. The number of ether oxygens (including phenoxy) is 1. The maximum absolute atomic E-state index is 12.3. The van der Waals surface area contributed by atoms with Crippen LogP contribution in [-0.2, 0) is 15.7 Å². The highest BCUT2D eigenvalue weighted by molar-refractivity contribution is 5.88. The van der Waals surface area contributed by atoms with E-state index in [4.69, 9.17) is 0 Å². The van der Waals surface area contributed by atoms with Crippen LogP contribution in [-0.4, -0.2) is 19.6 Å². The normalized spacial score (nSPS) is 10.2. The van der Waals surface area contributed by atoms with Crippen molar-refractivity contribution in [3.05, 3.63) is 29.8 Å². The van der Waals surface area contributed by atoms with Crippen molar-refractivity contribution in [1.29, 1.82) is 0 Å². The van der Waals surface area contributed by atoms with Gasteiger partial charge in [-0.1, -0.05) is 5.92 Å². The predicted molar refractivity (Wildman–Crippen MR) is 59.7 cm³/mol. The van der Waals surface area contributed by atoms with Gasteiger partial charge in [0.05, 0.1) is 19.2 Å². The van der Waals surface area contributed by atoms with Gasteiger partial charge in [0, 0.05) is 11.6 Å². The average Bonchev–Trinajstić information content (AvgIpc) is 2.33. The van der Waals surface area contributed by atoms with Crippen LogP contribution in [0.1, 0.15) is 5.56 Å². The molecule has 0 radical (unpaired) electrons. The molecule has 0 unspecified atom stereocenters. The standard InChI is InChI=1S/C12H10F3NO2/c1-18-11(17)3-2-8-16-10-6-4-9(5-7-10)12(13,14)15/h4-7,16H,8H2,1H3. The highest BCUT2D eigenvalue weighted by Gasteiger charge is 2.29. The Bertz CT molecular complexity index is 469. The molecule has 6 heteroatoms.